The molecule has 0 saturated carbocycles. The number of carbonyl (C=O) groups excluding carboxylic acids is 2. The van der Waals surface area contributed by atoms with E-state index in [4.69, 9.17) is 4.74 Å². The van der Waals surface area contributed by atoms with Crippen molar-refractivity contribution < 1.29 is 19.4 Å². The predicted octanol–water partition coefficient (Wildman–Crippen LogP) is 2.92. The first-order chi connectivity index (χ1) is 17.0. The molecule has 4 rings (SSSR count). The Hall–Kier alpha value is -3.65. The number of anilines is 1. The molecule has 1 aliphatic heterocycles. The summed E-state index contributed by atoms with van der Waals surface area (Å²) < 4.78 is 6.83. The Morgan fingerprint density at radius 2 is 1.83 bits per heavy atom. The van der Waals surface area contributed by atoms with Crippen LogP contribution in [0.15, 0.2) is 67.0 Å². The van der Waals surface area contributed by atoms with Crippen LogP contribution in [0.2, 0.25) is 0 Å². The zero-order chi connectivity index (χ0) is 24.6. The van der Waals surface area contributed by atoms with Crippen molar-refractivity contribution in [3.05, 3.63) is 78.1 Å². The molecule has 2 amide bonds. The number of piperidine rings is 1. The highest BCUT2D eigenvalue weighted by Gasteiger charge is 2.27. The second-order valence-electron chi connectivity index (χ2n) is 8.94. The van der Waals surface area contributed by atoms with E-state index in [-0.39, 0.29) is 30.7 Å². The van der Waals surface area contributed by atoms with Crippen LogP contribution in [0.5, 0.6) is 5.75 Å². The van der Waals surface area contributed by atoms with E-state index in [9.17, 15) is 14.7 Å². The number of benzene rings is 2. The smallest absolute Gasteiger partial charge is 0.244 e. The molecule has 1 fully saturated rings. The van der Waals surface area contributed by atoms with Crippen LogP contribution < -0.4 is 10.1 Å². The zero-order valence-corrected chi connectivity index (χ0v) is 20.0. The lowest BCUT2D eigenvalue weighted by Crippen LogP contribution is -2.43. The maximum Gasteiger partial charge on any atom is 0.244 e. The van der Waals surface area contributed by atoms with Crippen LogP contribution in [0.4, 0.5) is 5.69 Å². The van der Waals surface area contributed by atoms with Gasteiger partial charge in [-0.15, -0.1) is 0 Å². The molecule has 184 valence electrons. The fourth-order valence-electron chi connectivity index (χ4n) is 4.54. The van der Waals surface area contributed by atoms with Gasteiger partial charge in [-0.05, 0) is 36.8 Å². The van der Waals surface area contributed by atoms with Gasteiger partial charge in [0.05, 0.1) is 31.5 Å². The number of nitrogens with one attached hydrogen (secondary N) is 1. The molecule has 0 spiro atoms. The van der Waals surface area contributed by atoms with E-state index in [1.54, 1.807) is 19.5 Å². The highest BCUT2D eigenvalue weighted by molar-refractivity contribution is 5.92. The lowest BCUT2D eigenvalue weighted by Gasteiger charge is -2.34. The Balaban J connectivity index is 1.23. The number of aromatic nitrogens is 2. The van der Waals surface area contributed by atoms with Crippen LogP contribution in [0.3, 0.4) is 0 Å². The summed E-state index contributed by atoms with van der Waals surface area (Å²) >= 11 is 0. The number of carbonyl (C=O) groups is 2. The summed E-state index contributed by atoms with van der Waals surface area (Å²) in [5, 5.41) is 17.7. The number of rotatable bonds is 9. The van der Waals surface area contributed by atoms with E-state index in [0.29, 0.717) is 30.9 Å². The summed E-state index contributed by atoms with van der Waals surface area (Å²) in [5.74, 6) is 0.654. The number of nitrogens with zero attached hydrogens (tertiary/aromatic N) is 3. The first-order valence-corrected chi connectivity index (χ1v) is 12.0. The third-order valence-electron chi connectivity index (χ3n) is 6.48. The minimum Gasteiger partial charge on any atom is -0.496 e. The molecule has 2 N–H and O–H groups in total. The maximum atomic E-state index is 12.8. The fourth-order valence-corrected chi connectivity index (χ4v) is 4.54. The average molecular weight is 477 g/mol. The van der Waals surface area contributed by atoms with Gasteiger partial charge in [0.2, 0.25) is 11.8 Å². The van der Waals surface area contributed by atoms with Gasteiger partial charge in [-0.25, -0.2) is 0 Å². The predicted molar refractivity (Wildman–Crippen MR) is 133 cm³/mol. The molecular formula is C27H32N4O4. The summed E-state index contributed by atoms with van der Waals surface area (Å²) in [4.78, 5) is 27.0. The molecule has 0 aliphatic carbocycles. The standard InChI is InChI=1S/C27H32N4O4/c1-35-25-10-6-5-9-22(25)16-26(33)29-23-17-28-31(18-23)19-27(34)30-13-11-21(12-14-30)24(32)15-20-7-3-2-4-8-20/h2-10,17-18,21,24,32H,11-16,19H2,1H3,(H,29,33)/t24-/m1/s1. The average Bonchev–Trinajstić information content (AvgIpc) is 3.31. The molecule has 1 atom stereocenters. The molecule has 2 heterocycles. The number of hydrogen-bond donors (Lipinski definition) is 2. The van der Waals surface area contributed by atoms with Crippen molar-refractivity contribution in [2.75, 3.05) is 25.5 Å². The molecule has 1 aliphatic rings. The second-order valence-corrected chi connectivity index (χ2v) is 8.94. The number of methoxy groups -OCH3 is 1. The van der Waals surface area contributed by atoms with Gasteiger partial charge in [0.15, 0.2) is 0 Å². The summed E-state index contributed by atoms with van der Waals surface area (Å²) in [6, 6.07) is 17.4. The maximum absolute atomic E-state index is 12.8. The molecule has 3 aromatic rings. The molecule has 0 bridgehead atoms. The quantitative estimate of drug-likeness (QED) is 0.495. The SMILES string of the molecule is COc1ccccc1CC(=O)Nc1cnn(CC(=O)N2CCC([C@H](O)Cc3ccccc3)CC2)c1. The zero-order valence-electron chi connectivity index (χ0n) is 20.0. The van der Waals surface area contributed by atoms with E-state index >= 15 is 0 Å². The normalized spacial score (nSPS) is 15.0. The number of aliphatic hydroxyl groups excluding tert-OH is 1. The van der Waals surface area contributed by atoms with Crippen LogP contribution >= 0.6 is 0 Å². The second kappa shape index (κ2) is 11.7. The first kappa shape index (κ1) is 24.5. The van der Waals surface area contributed by atoms with Gasteiger partial charge >= 0.3 is 0 Å². The van der Waals surface area contributed by atoms with Crippen molar-refractivity contribution in [2.45, 2.75) is 38.3 Å². The van der Waals surface area contributed by atoms with Crippen molar-refractivity contribution >= 4 is 17.5 Å². The van der Waals surface area contributed by atoms with E-state index in [0.717, 1.165) is 24.0 Å². The molecule has 35 heavy (non-hydrogen) atoms. The number of aliphatic hydroxyl groups is 1. The van der Waals surface area contributed by atoms with Gasteiger partial charge in [-0.3, -0.25) is 14.3 Å². The summed E-state index contributed by atoms with van der Waals surface area (Å²) in [6.07, 6.45) is 5.18. The van der Waals surface area contributed by atoms with Crippen molar-refractivity contribution in [1.82, 2.24) is 14.7 Å². The Morgan fingerprint density at radius 3 is 2.57 bits per heavy atom. The van der Waals surface area contributed by atoms with Crippen LogP contribution in [-0.4, -0.2) is 57.9 Å². The Labute approximate surface area is 205 Å². The minimum absolute atomic E-state index is 0.0176. The molecule has 1 saturated heterocycles. The van der Waals surface area contributed by atoms with Crippen molar-refractivity contribution in [2.24, 2.45) is 5.92 Å². The van der Waals surface area contributed by atoms with E-state index in [1.165, 1.54) is 4.68 Å². The summed E-state index contributed by atoms with van der Waals surface area (Å²) in [5.41, 5.74) is 2.47. The molecule has 0 radical (unpaired) electrons. The van der Waals surface area contributed by atoms with Crippen molar-refractivity contribution in [1.29, 1.82) is 0 Å². The molecule has 8 nitrogen and oxygen atoms in total. The summed E-state index contributed by atoms with van der Waals surface area (Å²) in [7, 11) is 1.58. The number of amides is 2. The fraction of sp³-hybridized carbons (Fsp3) is 0.370. The monoisotopic (exact) mass is 476 g/mol. The molecule has 8 heteroatoms. The van der Waals surface area contributed by atoms with Gasteiger partial charge in [-0.2, -0.15) is 5.10 Å². The molecular weight excluding hydrogens is 444 g/mol. The Bertz CT molecular complexity index is 1120. The van der Waals surface area contributed by atoms with Crippen LogP contribution in [0, 0.1) is 5.92 Å². The first-order valence-electron chi connectivity index (χ1n) is 12.0. The molecule has 1 aromatic heterocycles. The van der Waals surface area contributed by atoms with Gasteiger partial charge in [0, 0.05) is 24.8 Å². The van der Waals surface area contributed by atoms with Crippen LogP contribution in [-0.2, 0) is 29.0 Å². The van der Waals surface area contributed by atoms with Gasteiger partial charge in [0.1, 0.15) is 12.3 Å². The summed E-state index contributed by atoms with van der Waals surface area (Å²) in [6.45, 7) is 1.36. The van der Waals surface area contributed by atoms with Gasteiger partial charge in [-0.1, -0.05) is 48.5 Å². The van der Waals surface area contributed by atoms with Crippen molar-refractivity contribution in [3.63, 3.8) is 0 Å². The highest BCUT2D eigenvalue weighted by atomic mass is 16.5. The number of likely N-dealkylation sites (tertiary alicyclic amines) is 1. The van der Waals surface area contributed by atoms with E-state index in [1.807, 2.05) is 59.5 Å². The van der Waals surface area contributed by atoms with Crippen LogP contribution in [0.1, 0.15) is 24.0 Å². The number of hydrogen-bond acceptors (Lipinski definition) is 5. The van der Waals surface area contributed by atoms with Gasteiger partial charge in [0.25, 0.3) is 0 Å². The van der Waals surface area contributed by atoms with Gasteiger partial charge < -0.3 is 20.1 Å². The third-order valence-corrected chi connectivity index (χ3v) is 6.48. The lowest BCUT2D eigenvalue weighted by atomic mass is 9.88. The lowest BCUT2D eigenvalue weighted by molar-refractivity contribution is -0.134. The largest absolute Gasteiger partial charge is 0.496 e. The van der Waals surface area contributed by atoms with Crippen molar-refractivity contribution in [3.8, 4) is 5.75 Å². The van der Waals surface area contributed by atoms with E-state index in [2.05, 4.69) is 10.4 Å². The highest BCUT2D eigenvalue weighted by Crippen LogP contribution is 2.23. The van der Waals surface area contributed by atoms with E-state index < -0.39 is 6.10 Å². The minimum atomic E-state index is -0.400. The Morgan fingerprint density at radius 1 is 1.11 bits per heavy atom. The number of ether oxygens (including phenoxy) is 1. The Kier molecular flexibility index (Phi) is 8.15. The molecule has 0 unspecified atom stereocenters. The topological polar surface area (TPSA) is 96.7 Å². The number of para-hydroxylation sites is 1. The van der Waals surface area contributed by atoms with Crippen LogP contribution in [0.25, 0.3) is 0 Å². The molecule has 2 aromatic carbocycles. The third kappa shape index (κ3) is 6.70.